The smallest absolute Gasteiger partial charge is 0.410 e. The third kappa shape index (κ3) is 5.99. The summed E-state index contributed by atoms with van der Waals surface area (Å²) in [6.07, 6.45) is 2.29. The van der Waals surface area contributed by atoms with E-state index in [0.29, 0.717) is 30.3 Å². The first-order valence-corrected chi connectivity index (χ1v) is 9.28. The van der Waals surface area contributed by atoms with Gasteiger partial charge in [0.1, 0.15) is 11.4 Å². The number of benzene rings is 1. The zero-order valence-electron chi connectivity index (χ0n) is 16.6. The predicted molar refractivity (Wildman–Crippen MR) is 102 cm³/mol. The van der Waals surface area contributed by atoms with Gasteiger partial charge in [-0.15, -0.1) is 0 Å². The van der Waals surface area contributed by atoms with Crippen molar-refractivity contribution in [3.05, 3.63) is 29.3 Å². The van der Waals surface area contributed by atoms with Crippen LogP contribution in [0.4, 0.5) is 4.79 Å². The Balaban J connectivity index is 1.94. The molecule has 27 heavy (non-hydrogen) atoms. The lowest BCUT2D eigenvalue weighted by Gasteiger charge is -2.33. The molecule has 1 amide bonds. The van der Waals surface area contributed by atoms with Gasteiger partial charge in [0.05, 0.1) is 25.2 Å². The summed E-state index contributed by atoms with van der Waals surface area (Å²) in [6, 6.07) is 7.42. The number of nitrogens with zero attached hydrogens (tertiary/aromatic N) is 2. The molecule has 1 heterocycles. The number of Topliss-reactive ketones (excluding diaryl/α,β-unsaturated/α-hetero) is 1. The molecule has 146 valence electrons. The second-order valence-electron chi connectivity index (χ2n) is 7.91. The van der Waals surface area contributed by atoms with E-state index in [1.54, 1.807) is 11.0 Å². The fraction of sp³-hybridized carbons (Fsp3) is 0.571. The van der Waals surface area contributed by atoms with Crippen molar-refractivity contribution < 1.29 is 19.1 Å². The second-order valence-corrected chi connectivity index (χ2v) is 7.91. The van der Waals surface area contributed by atoms with Crippen molar-refractivity contribution >= 4 is 11.9 Å². The molecule has 6 nitrogen and oxygen atoms in total. The van der Waals surface area contributed by atoms with Crippen LogP contribution in [-0.4, -0.2) is 42.6 Å². The van der Waals surface area contributed by atoms with Gasteiger partial charge in [0.25, 0.3) is 0 Å². The van der Waals surface area contributed by atoms with Crippen LogP contribution in [-0.2, 0) is 11.2 Å². The topological polar surface area (TPSA) is 79.6 Å². The number of carbonyl (C=O) groups excluding carboxylic acids is 2. The lowest BCUT2D eigenvalue weighted by Crippen LogP contribution is -2.42. The molecule has 0 unspecified atom stereocenters. The van der Waals surface area contributed by atoms with Crippen molar-refractivity contribution in [3.63, 3.8) is 0 Å². The maximum Gasteiger partial charge on any atom is 0.410 e. The van der Waals surface area contributed by atoms with Crippen molar-refractivity contribution in [1.82, 2.24) is 4.90 Å². The highest BCUT2D eigenvalue weighted by Gasteiger charge is 2.27. The van der Waals surface area contributed by atoms with Crippen LogP contribution in [0.15, 0.2) is 18.2 Å². The monoisotopic (exact) mass is 372 g/mol. The Labute approximate surface area is 161 Å². The van der Waals surface area contributed by atoms with Gasteiger partial charge in [-0.3, -0.25) is 4.79 Å². The van der Waals surface area contributed by atoms with Crippen LogP contribution in [0.3, 0.4) is 0 Å². The number of hydrogen-bond donors (Lipinski definition) is 0. The van der Waals surface area contributed by atoms with E-state index in [9.17, 15) is 9.59 Å². The normalized spacial score (nSPS) is 15.1. The summed E-state index contributed by atoms with van der Waals surface area (Å²) in [5.74, 6) is 0.750. The van der Waals surface area contributed by atoms with Gasteiger partial charge in [-0.05, 0) is 63.6 Å². The maximum absolute atomic E-state index is 12.1. The van der Waals surface area contributed by atoms with E-state index in [1.165, 1.54) is 7.11 Å². The van der Waals surface area contributed by atoms with E-state index in [0.717, 1.165) is 24.8 Å². The lowest BCUT2D eigenvalue weighted by atomic mass is 9.89. The molecule has 0 atom stereocenters. The molecule has 1 aromatic carbocycles. The van der Waals surface area contributed by atoms with Crippen molar-refractivity contribution in [2.45, 2.75) is 52.1 Å². The van der Waals surface area contributed by atoms with Crippen LogP contribution in [0.5, 0.6) is 5.75 Å². The molecule has 1 aliphatic rings. The molecule has 0 N–H and O–H groups in total. The molecule has 1 fully saturated rings. The summed E-state index contributed by atoms with van der Waals surface area (Å²) in [5, 5.41) is 8.71. The van der Waals surface area contributed by atoms with Crippen LogP contribution < -0.4 is 4.74 Å². The Morgan fingerprint density at radius 3 is 2.48 bits per heavy atom. The van der Waals surface area contributed by atoms with Crippen molar-refractivity contribution in [1.29, 1.82) is 5.26 Å². The van der Waals surface area contributed by atoms with E-state index in [1.807, 2.05) is 39.0 Å². The minimum atomic E-state index is -0.477. The van der Waals surface area contributed by atoms with Gasteiger partial charge < -0.3 is 14.4 Å². The molecular weight excluding hydrogens is 344 g/mol. The Hall–Kier alpha value is -2.55. The summed E-state index contributed by atoms with van der Waals surface area (Å²) in [7, 11) is 1.53. The number of likely N-dealkylation sites (tertiary alicyclic amines) is 1. The molecule has 0 aromatic heterocycles. The molecule has 6 heteroatoms. The Morgan fingerprint density at radius 1 is 1.26 bits per heavy atom. The minimum Gasteiger partial charge on any atom is -0.496 e. The lowest BCUT2D eigenvalue weighted by molar-refractivity contribution is 0.0184. The van der Waals surface area contributed by atoms with E-state index in [-0.39, 0.29) is 18.3 Å². The van der Waals surface area contributed by atoms with Crippen LogP contribution in [0, 0.1) is 17.2 Å². The van der Waals surface area contributed by atoms with E-state index in [2.05, 4.69) is 0 Å². The number of piperidine rings is 1. The molecule has 0 aliphatic carbocycles. The van der Waals surface area contributed by atoms with Gasteiger partial charge in [0.2, 0.25) is 0 Å². The SMILES string of the molecule is COc1cc(CC2CCN(C(=O)OC(C)(C)C)CC2)ccc1C(=O)CC#N. The first kappa shape index (κ1) is 20.8. The Bertz CT molecular complexity index is 723. The summed E-state index contributed by atoms with van der Waals surface area (Å²) in [6.45, 7) is 6.99. The van der Waals surface area contributed by atoms with Gasteiger partial charge in [-0.1, -0.05) is 6.07 Å². The third-order valence-electron chi connectivity index (χ3n) is 4.60. The highest BCUT2D eigenvalue weighted by Crippen LogP contribution is 2.27. The number of carbonyl (C=O) groups is 2. The average molecular weight is 372 g/mol. The maximum atomic E-state index is 12.1. The number of ketones is 1. The van der Waals surface area contributed by atoms with E-state index >= 15 is 0 Å². The highest BCUT2D eigenvalue weighted by molar-refractivity contribution is 5.99. The van der Waals surface area contributed by atoms with Crippen LogP contribution in [0.2, 0.25) is 0 Å². The number of hydrogen-bond acceptors (Lipinski definition) is 5. The largest absolute Gasteiger partial charge is 0.496 e. The molecule has 0 radical (unpaired) electrons. The second kappa shape index (κ2) is 8.90. The van der Waals surface area contributed by atoms with Gasteiger partial charge in [-0.2, -0.15) is 5.26 Å². The molecule has 1 aliphatic heterocycles. The van der Waals surface area contributed by atoms with Crippen LogP contribution in [0.1, 0.15) is 56.0 Å². The van der Waals surface area contributed by atoms with E-state index in [4.69, 9.17) is 14.7 Å². The quantitative estimate of drug-likeness (QED) is 0.730. The summed E-state index contributed by atoms with van der Waals surface area (Å²) < 4.78 is 10.8. The number of rotatable bonds is 5. The average Bonchev–Trinajstić information content (AvgIpc) is 2.61. The van der Waals surface area contributed by atoms with Gasteiger partial charge in [0.15, 0.2) is 5.78 Å². The fourth-order valence-corrected chi connectivity index (χ4v) is 3.24. The Kier molecular flexibility index (Phi) is 6.84. The molecule has 2 rings (SSSR count). The summed E-state index contributed by atoms with van der Waals surface area (Å²) in [4.78, 5) is 25.9. The van der Waals surface area contributed by atoms with Gasteiger partial charge in [-0.25, -0.2) is 4.79 Å². The Morgan fingerprint density at radius 2 is 1.93 bits per heavy atom. The number of amides is 1. The van der Waals surface area contributed by atoms with Crippen molar-refractivity contribution in [3.8, 4) is 11.8 Å². The standard InChI is InChI=1S/C21H28N2O4/c1-21(2,3)27-20(25)23-11-8-15(9-12-23)13-16-5-6-17(18(24)7-10-22)19(14-16)26-4/h5-6,14-15H,7-9,11-13H2,1-4H3. The number of ether oxygens (including phenoxy) is 2. The molecule has 0 spiro atoms. The zero-order chi connectivity index (χ0) is 20.0. The number of methoxy groups -OCH3 is 1. The van der Waals surface area contributed by atoms with Gasteiger partial charge in [0, 0.05) is 13.1 Å². The fourth-order valence-electron chi connectivity index (χ4n) is 3.24. The van der Waals surface area contributed by atoms with Crippen LogP contribution in [0.25, 0.3) is 0 Å². The zero-order valence-corrected chi connectivity index (χ0v) is 16.6. The van der Waals surface area contributed by atoms with Crippen molar-refractivity contribution in [2.75, 3.05) is 20.2 Å². The first-order chi connectivity index (χ1) is 12.7. The molecule has 0 saturated carbocycles. The van der Waals surface area contributed by atoms with Crippen molar-refractivity contribution in [2.24, 2.45) is 5.92 Å². The molecule has 1 saturated heterocycles. The van der Waals surface area contributed by atoms with Crippen LogP contribution >= 0.6 is 0 Å². The predicted octanol–water partition coefficient (Wildman–Crippen LogP) is 3.98. The highest BCUT2D eigenvalue weighted by atomic mass is 16.6. The summed E-state index contributed by atoms with van der Waals surface area (Å²) >= 11 is 0. The first-order valence-electron chi connectivity index (χ1n) is 9.28. The minimum absolute atomic E-state index is 0.154. The van der Waals surface area contributed by atoms with Gasteiger partial charge >= 0.3 is 6.09 Å². The molecule has 1 aromatic rings. The third-order valence-corrected chi connectivity index (χ3v) is 4.60. The molecule has 0 bridgehead atoms. The molecular formula is C21H28N2O4. The number of nitriles is 1. The summed E-state index contributed by atoms with van der Waals surface area (Å²) in [5.41, 5.74) is 1.06. The van der Waals surface area contributed by atoms with E-state index < -0.39 is 5.60 Å².